The van der Waals surface area contributed by atoms with Crippen molar-refractivity contribution in [3.8, 4) is 11.3 Å². The fraction of sp³-hybridized carbons (Fsp3) is 0.464. The Bertz CT molecular complexity index is 1350. The van der Waals surface area contributed by atoms with E-state index in [0.29, 0.717) is 18.7 Å². The van der Waals surface area contributed by atoms with Crippen LogP contribution in [0.5, 0.6) is 0 Å². The fourth-order valence-electron chi connectivity index (χ4n) is 6.19. The second kappa shape index (κ2) is 8.62. The minimum absolute atomic E-state index is 0.0632. The van der Waals surface area contributed by atoms with Crippen LogP contribution in [0.3, 0.4) is 0 Å². The van der Waals surface area contributed by atoms with Crippen molar-refractivity contribution in [2.45, 2.75) is 64.4 Å². The first kappa shape index (κ1) is 25.3. The number of fused-ring (bicyclic) bond motifs is 5. The number of rotatable bonds is 6. The Morgan fingerprint density at radius 3 is 2.41 bits per heavy atom. The topological polar surface area (TPSA) is 92.1 Å². The van der Waals surface area contributed by atoms with Crippen LogP contribution in [0, 0.1) is 17.0 Å². The van der Waals surface area contributed by atoms with Crippen LogP contribution in [-0.4, -0.2) is 49.2 Å². The van der Waals surface area contributed by atoms with E-state index in [1.807, 2.05) is 6.92 Å². The highest BCUT2D eigenvalue weighted by Gasteiger charge is 2.64. The third-order valence-electron chi connectivity index (χ3n) is 8.51. The van der Waals surface area contributed by atoms with E-state index in [4.69, 9.17) is 0 Å². The molecule has 194 valence electrons. The smallest absolute Gasteiger partial charge is 0.291 e. The summed E-state index contributed by atoms with van der Waals surface area (Å²) in [4.78, 5) is 23.6. The summed E-state index contributed by atoms with van der Waals surface area (Å²) in [6, 6.07) is 5.53. The maximum atomic E-state index is 14.5. The van der Waals surface area contributed by atoms with Gasteiger partial charge in [-0.2, -0.15) is 10.2 Å². The fourth-order valence-corrected chi connectivity index (χ4v) is 6.19. The Kier molecular flexibility index (Phi) is 5.90. The Balaban J connectivity index is 1.50. The number of hydrogen-bond donors (Lipinski definition) is 1. The van der Waals surface area contributed by atoms with Crippen molar-refractivity contribution in [1.82, 2.24) is 25.1 Å². The van der Waals surface area contributed by atoms with Crippen molar-refractivity contribution in [2.24, 2.45) is 5.41 Å². The number of benzene rings is 1. The normalized spacial score (nSPS) is 21.7. The molecule has 0 saturated heterocycles. The predicted molar refractivity (Wildman–Crippen MR) is 134 cm³/mol. The minimum atomic E-state index is -1.11. The van der Waals surface area contributed by atoms with E-state index in [0.717, 1.165) is 24.1 Å². The molecular formula is C28H31F2N5O2. The van der Waals surface area contributed by atoms with Crippen molar-refractivity contribution in [3.63, 3.8) is 0 Å². The SMILES string of the molecule is CCN(C[C@@]12CC[C@@H](c3cc(-c4c(F)cccc4F)nnc31)C2(C)C)C(=O)c1ncc(C(C)(C)O)cn1. The average molecular weight is 508 g/mol. The van der Waals surface area contributed by atoms with Crippen LogP contribution >= 0.6 is 0 Å². The molecule has 1 saturated carbocycles. The summed E-state index contributed by atoms with van der Waals surface area (Å²) in [5, 5.41) is 19.0. The Morgan fingerprint density at radius 2 is 1.81 bits per heavy atom. The number of amides is 1. The molecule has 0 radical (unpaired) electrons. The van der Waals surface area contributed by atoms with E-state index in [1.165, 1.54) is 30.6 Å². The lowest BCUT2D eigenvalue weighted by molar-refractivity contribution is 0.0635. The number of aliphatic hydroxyl groups is 1. The zero-order valence-electron chi connectivity index (χ0n) is 21.7. The molecular weight excluding hydrogens is 476 g/mol. The third-order valence-corrected chi connectivity index (χ3v) is 8.51. The van der Waals surface area contributed by atoms with E-state index in [2.05, 4.69) is 34.0 Å². The van der Waals surface area contributed by atoms with Crippen LogP contribution in [-0.2, 0) is 11.0 Å². The van der Waals surface area contributed by atoms with Crippen LogP contribution in [0.25, 0.3) is 11.3 Å². The number of hydrogen-bond acceptors (Lipinski definition) is 6. The molecule has 5 rings (SSSR count). The van der Waals surface area contributed by atoms with Gasteiger partial charge in [0.2, 0.25) is 5.82 Å². The van der Waals surface area contributed by atoms with Gasteiger partial charge < -0.3 is 10.0 Å². The molecule has 2 atom stereocenters. The molecule has 1 N–H and O–H groups in total. The lowest BCUT2D eigenvalue weighted by atomic mass is 9.68. The summed E-state index contributed by atoms with van der Waals surface area (Å²) >= 11 is 0. The molecule has 2 aliphatic rings. The van der Waals surface area contributed by atoms with Crippen LogP contribution in [0.4, 0.5) is 8.78 Å². The quantitative estimate of drug-likeness (QED) is 0.517. The first-order valence-corrected chi connectivity index (χ1v) is 12.6. The van der Waals surface area contributed by atoms with Crippen molar-refractivity contribution < 1.29 is 18.7 Å². The molecule has 9 heteroatoms. The van der Waals surface area contributed by atoms with Crippen LogP contribution < -0.4 is 0 Å². The van der Waals surface area contributed by atoms with Crippen molar-refractivity contribution in [1.29, 1.82) is 0 Å². The van der Waals surface area contributed by atoms with Crippen LogP contribution in [0.1, 0.15) is 80.8 Å². The lowest BCUT2D eigenvalue weighted by Crippen LogP contribution is -2.48. The molecule has 0 aliphatic heterocycles. The standard InChI is InChI=1S/C28H31F2N5O2/c1-6-35(25(36)24-31-13-16(14-32-24)27(4,5)37)15-28-11-10-18(26(28,2)3)17-12-21(33-34-23(17)28)22-19(29)8-7-9-20(22)30/h7-9,12-14,18,37H,6,10-11,15H2,1-5H3/t18-,28-/m0/s1. The molecule has 0 spiro atoms. The van der Waals surface area contributed by atoms with Crippen molar-refractivity contribution in [3.05, 3.63) is 70.9 Å². The average Bonchev–Trinajstić information content (AvgIpc) is 3.21. The van der Waals surface area contributed by atoms with Gasteiger partial charge in [0.25, 0.3) is 5.91 Å². The van der Waals surface area contributed by atoms with Gasteiger partial charge in [-0.15, -0.1) is 0 Å². The molecule has 37 heavy (non-hydrogen) atoms. The second-order valence-electron chi connectivity index (χ2n) is 11.2. The van der Waals surface area contributed by atoms with Gasteiger partial charge in [0, 0.05) is 36.5 Å². The highest BCUT2D eigenvalue weighted by Crippen LogP contribution is 2.67. The zero-order chi connectivity index (χ0) is 26.8. The van der Waals surface area contributed by atoms with E-state index in [9.17, 15) is 18.7 Å². The van der Waals surface area contributed by atoms with Gasteiger partial charge in [-0.1, -0.05) is 19.9 Å². The number of carbonyl (C=O) groups is 1. The van der Waals surface area contributed by atoms with Gasteiger partial charge in [0.05, 0.1) is 22.6 Å². The molecule has 7 nitrogen and oxygen atoms in total. The Labute approximate surface area is 215 Å². The monoisotopic (exact) mass is 507 g/mol. The summed E-state index contributed by atoms with van der Waals surface area (Å²) in [5.41, 5.74) is 0.427. The lowest BCUT2D eigenvalue weighted by Gasteiger charge is -2.41. The molecule has 1 fully saturated rings. The molecule has 2 aromatic heterocycles. The number of nitrogens with zero attached hydrogens (tertiary/aromatic N) is 5. The van der Waals surface area contributed by atoms with Crippen LogP contribution in [0.15, 0.2) is 36.7 Å². The number of halogens is 2. The summed E-state index contributed by atoms with van der Waals surface area (Å²) in [6.07, 6.45) is 4.65. The largest absolute Gasteiger partial charge is 0.386 e. The number of carbonyl (C=O) groups excluding carboxylic acids is 1. The van der Waals surface area contributed by atoms with E-state index in [-0.39, 0.29) is 34.3 Å². The summed E-state index contributed by atoms with van der Waals surface area (Å²) in [5.74, 6) is -1.46. The molecule has 2 aliphatic carbocycles. The molecule has 2 bridgehead atoms. The van der Waals surface area contributed by atoms with Gasteiger partial charge in [-0.25, -0.2) is 18.7 Å². The number of likely N-dealkylation sites (N-methyl/N-ethyl adjacent to an activating group) is 1. The Morgan fingerprint density at radius 1 is 1.16 bits per heavy atom. The van der Waals surface area contributed by atoms with Gasteiger partial charge in [-0.05, 0) is 68.7 Å². The highest BCUT2D eigenvalue weighted by atomic mass is 19.1. The van der Waals surface area contributed by atoms with Crippen molar-refractivity contribution >= 4 is 5.91 Å². The summed E-state index contributed by atoms with van der Waals surface area (Å²) in [7, 11) is 0. The molecule has 3 aromatic rings. The zero-order valence-corrected chi connectivity index (χ0v) is 21.7. The van der Waals surface area contributed by atoms with E-state index in [1.54, 1.807) is 24.8 Å². The number of aromatic nitrogens is 4. The Hall–Kier alpha value is -3.33. The molecule has 1 aromatic carbocycles. The molecule has 2 heterocycles. The van der Waals surface area contributed by atoms with Gasteiger partial charge in [0.15, 0.2) is 0 Å². The predicted octanol–water partition coefficient (Wildman–Crippen LogP) is 4.76. The maximum absolute atomic E-state index is 14.5. The third kappa shape index (κ3) is 3.82. The van der Waals surface area contributed by atoms with E-state index >= 15 is 0 Å². The first-order valence-electron chi connectivity index (χ1n) is 12.6. The summed E-state index contributed by atoms with van der Waals surface area (Å²) < 4.78 is 29.0. The van der Waals surface area contributed by atoms with E-state index < -0.39 is 22.7 Å². The van der Waals surface area contributed by atoms with Gasteiger partial charge >= 0.3 is 0 Å². The molecule has 0 unspecified atom stereocenters. The minimum Gasteiger partial charge on any atom is -0.386 e. The highest BCUT2D eigenvalue weighted by molar-refractivity contribution is 5.90. The van der Waals surface area contributed by atoms with Gasteiger partial charge in [-0.3, -0.25) is 4.79 Å². The first-order chi connectivity index (χ1) is 17.4. The van der Waals surface area contributed by atoms with Gasteiger partial charge in [0.1, 0.15) is 11.6 Å². The van der Waals surface area contributed by atoms with Crippen LogP contribution in [0.2, 0.25) is 0 Å². The summed E-state index contributed by atoms with van der Waals surface area (Å²) in [6.45, 7) is 10.4. The second-order valence-corrected chi connectivity index (χ2v) is 11.2. The maximum Gasteiger partial charge on any atom is 0.291 e. The molecule has 1 amide bonds. The van der Waals surface area contributed by atoms with Crippen molar-refractivity contribution in [2.75, 3.05) is 13.1 Å².